The first-order chi connectivity index (χ1) is 9.54. The second-order valence-corrected chi connectivity index (χ2v) is 4.93. The summed E-state index contributed by atoms with van der Waals surface area (Å²) >= 11 is 0. The average molecular weight is 303 g/mol. The number of amides is 1. The Hall–Kier alpha value is -2.05. The Morgan fingerprint density at radius 3 is 2.24 bits per heavy atom. The molecular weight excluding hydrogens is 287 g/mol. The summed E-state index contributed by atoms with van der Waals surface area (Å²) in [4.78, 5) is 22.6. The molecule has 1 rings (SSSR count). The number of aryl methyl sites for hydroxylation is 1. The maximum absolute atomic E-state index is 12.8. The fraction of sp³-hybridized carbons (Fsp3) is 0.429. The van der Waals surface area contributed by atoms with Crippen LogP contribution in [0.3, 0.4) is 0 Å². The van der Waals surface area contributed by atoms with Gasteiger partial charge in [0.05, 0.1) is 11.5 Å². The molecule has 0 heterocycles. The van der Waals surface area contributed by atoms with Crippen LogP contribution in [0.5, 0.6) is 0 Å². The molecule has 0 aliphatic heterocycles. The number of aliphatic carboxylic acids is 1. The molecule has 0 saturated heterocycles. The van der Waals surface area contributed by atoms with Gasteiger partial charge in [-0.1, -0.05) is 19.9 Å². The molecule has 0 fully saturated rings. The zero-order valence-corrected chi connectivity index (χ0v) is 11.8. The number of carboxylic acids is 1. The first-order valence-electron chi connectivity index (χ1n) is 6.25. The van der Waals surface area contributed by atoms with E-state index in [0.717, 1.165) is 6.07 Å². The van der Waals surface area contributed by atoms with Crippen molar-refractivity contribution in [3.05, 3.63) is 29.3 Å². The summed E-state index contributed by atoms with van der Waals surface area (Å²) in [7, 11) is 0. The van der Waals surface area contributed by atoms with E-state index >= 15 is 0 Å². The lowest BCUT2D eigenvalue weighted by Crippen LogP contribution is -2.30. The Morgan fingerprint density at radius 1 is 1.19 bits per heavy atom. The minimum Gasteiger partial charge on any atom is -0.481 e. The van der Waals surface area contributed by atoms with Crippen molar-refractivity contribution in [2.24, 2.45) is 11.8 Å². The van der Waals surface area contributed by atoms with Gasteiger partial charge in [0.2, 0.25) is 5.91 Å². The molecular formula is C14H16F3NO3. The molecule has 0 saturated carbocycles. The van der Waals surface area contributed by atoms with Gasteiger partial charge in [0.1, 0.15) is 0 Å². The predicted octanol–water partition coefficient (Wildman–Crippen LogP) is 3.31. The van der Waals surface area contributed by atoms with E-state index in [1.54, 1.807) is 0 Å². The third kappa shape index (κ3) is 4.21. The van der Waals surface area contributed by atoms with Gasteiger partial charge in [-0.3, -0.25) is 9.59 Å². The summed E-state index contributed by atoms with van der Waals surface area (Å²) in [6.45, 7) is 4.10. The van der Waals surface area contributed by atoms with E-state index in [4.69, 9.17) is 5.11 Å². The molecule has 7 heteroatoms. The van der Waals surface area contributed by atoms with Crippen LogP contribution in [-0.2, 0) is 15.8 Å². The molecule has 1 aromatic carbocycles. The average Bonchev–Trinajstić information content (AvgIpc) is 2.37. The summed E-state index contributed by atoms with van der Waals surface area (Å²) in [6, 6.07) is 3.44. The van der Waals surface area contributed by atoms with Gasteiger partial charge in [0.15, 0.2) is 0 Å². The molecule has 0 radical (unpaired) electrons. The van der Waals surface area contributed by atoms with E-state index in [-0.39, 0.29) is 11.3 Å². The lowest BCUT2D eigenvalue weighted by atomic mass is 9.95. The third-order valence-corrected chi connectivity index (χ3v) is 3.36. The fourth-order valence-electron chi connectivity index (χ4n) is 1.70. The highest BCUT2D eigenvalue weighted by atomic mass is 19.4. The summed E-state index contributed by atoms with van der Waals surface area (Å²) in [5.41, 5.74) is -0.797. The predicted molar refractivity (Wildman–Crippen MR) is 70.8 cm³/mol. The second-order valence-electron chi connectivity index (χ2n) is 4.93. The van der Waals surface area contributed by atoms with Crippen LogP contribution in [0.4, 0.5) is 18.9 Å². The second kappa shape index (κ2) is 6.15. The van der Waals surface area contributed by atoms with Gasteiger partial charge >= 0.3 is 12.1 Å². The van der Waals surface area contributed by atoms with Gasteiger partial charge in [-0.15, -0.1) is 0 Å². The molecule has 2 N–H and O–H groups in total. The summed E-state index contributed by atoms with van der Waals surface area (Å²) in [5, 5.41) is 11.1. The van der Waals surface area contributed by atoms with Crippen molar-refractivity contribution in [2.75, 3.05) is 5.32 Å². The van der Waals surface area contributed by atoms with Gasteiger partial charge in [0.25, 0.3) is 0 Å². The first kappa shape index (κ1) is 17.0. The SMILES string of the molecule is Cc1ccc(NC(=O)C(C)[C@@H](C)C(=O)O)cc1C(F)(F)F. The molecule has 0 bridgehead atoms. The Balaban J connectivity index is 2.94. The zero-order valence-electron chi connectivity index (χ0n) is 11.8. The van der Waals surface area contributed by atoms with Crippen molar-refractivity contribution in [1.29, 1.82) is 0 Å². The van der Waals surface area contributed by atoms with Crippen molar-refractivity contribution >= 4 is 17.6 Å². The zero-order chi connectivity index (χ0) is 16.4. The minimum atomic E-state index is -4.51. The molecule has 0 aromatic heterocycles. The normalized spacial score (nSPS) is 14.4. The first-order valence-corrected chi connectivity index (χ1v) is 6.25. The number of hydrogen-bond acceptors (Lipinski definition) is 2. The molecule has 2 atom stereocenters. The van der Waals surface area contributed by atoms with Gasteiger partial charge in [-0.25, -0.2) is 0 Å². The van der Waals surface area contributed by atoms with E-state index in [2.05, 4.69) is 5.32 Å². The molecule has 4 nitrogen and oxygen atoms in total. The summed E-state index contributed by atoms with van der Waals surface area (Å²) in [5.74, 6) is -3.57. The molecule has 0 aliphatic carbocycles. The summed E-state index contributed by atoms with van der Waals surface area (Å²) < 4.78 is 38.3. The number of alkyl halides is 3. The van der Waals surface area contributed by atoms with Crippen LogP contribution in [0.15, 0.2) is 18.2 Å². The Morgan fingerprint density at radius 2 is 1.76 bits per heavy atom. The van der Waals surface area contributed by atoms with Crippen molar-refractivity contribution in [3.63, 3.8) is 0 Å². The molecule has 1 aromatic rings. The maximum atomic E-state index is 12.8. The standard InChI is InChI=1S/C14H16F3NO3/c1-7-4-5-10(6-11(7)14(15,16)17)18-12(19)8(2)9(3)13(20)21/h4-6,8-9H,1-3H3,(H,18,19)(H,20,21)/t8?,9-/m1/s1. The molecule has 21 heavy (non-hydrogen) atoms. The van der Waals surface area contributed by atoms with Crippen LogP contribution >= 0.6 is 0 Å². The van der Waals surface area contributed by atoms with Gasteiger partial charge in [-0.2, -0.15) is 13.2 Å². The molecule has 0 aliphatic rings. The van der Waals surface area contributed by atoms with Crippen molar-refractivity contribution in [3.8, 4) is 0 Å². The van der Waals surface area contributed by atoms with Crippen LogP contribution in [0.25, 0.3) is 0 Å². The number of anilines is 1. The van der Waals surface area contributed by atoms with Gasteiger partial charge < -0.3 is 10.4 Å². The molecule has 116 valence electrons. The molecule has 1 amide bonds. The van der Waals surface area contributed by atoms with Crippen LogP contribution in [-0.4, -0.2) is 17.0 Å². The number of halogens is 3. The Kier molecular flexibility index (Phi) is 4.98. The number of carboxylic acid groups (broad SMARTS) is 1. The molecule has 1 unspecified atom stereocenters. The Bertz CT molecular complexity index is 555. The highest BCUT2D eigenvalue weighted by Crippen LogP contribution is 2.33. The van der Waals surface area contributed by atoms with Crippen molar-refractivity contribution in [1.82, 2.24) is 0 Å². The molecule has 0 spiro atoms. The number of carbonyl (C=O) groups is 2. The summed E-state index contributed by atoms with van der Waals surface area (Å²) in [6.07, 6.45) is -4.51. The van der Waals surface area contributed by atoms with Crippen LogP contribution in [0.1, 0.15) is 25.0 Å². The number of rotatable bonds is 4. The minimum absolute atomic E-state index is 0.0117. The van der Waals surface area contributed by atoms with E-state index in [1.807, 2.05) is 0 Å². The van der Waals surface area contributed by atoms with E-state index < -0.39 is 35.5 Å². The van der Waals surface area contributed by atoms with E-state index in [9.17, 15) is 22.8 Å². The van der Waals surface area contributed by atoms with Gasteiger partial charge in [-0.05, 0) is 24.6 Å². The number of carbonyl (C=O) groups excluding carboxylic acids is 1. The monoisotopic (exact) mass is 303 g/mol. The van der Waals surface area contributed by atoms with Crippen LogP contribution in [0, 0.1) is 18.8 Å². The van der Waals surface area contributed by atoms with E-state index in [0.29, 0.717) is 0 Å². The highest BCUT2D eigenvalue weighted by Gasteiger charge is 2.33. The number of nitrogens with one attached hydrogen (secondary N) is 1. The fourth-order valence-corrected chi connectivity index (χ4v) is 1.70. The Labute approximate surface area is 120 Å². The number of benzene rings is 1. The maximum Gasteiger partial charge on any atom is 0.416 e. The number of hydrogen-bond donors (Lipinski definition) is 2. The van der Waals surface area contributed by atoms with Crippen LogP contribution < -0.4 is 5.32 Å². The largest absolute Gasteiger partial charge is 0.481 e. The van der Waals surface area contributed by atoms with Gasteiger partial charge in [0, 0.05) is 11.6 Å². The lowest BCUT2D eigenvalue weighted by Gasteiger charge is -2.17. The van der Waals surface area contributed by atoms with E-state index in [1.165, 1.54) is 32.9 Å². The topological polar surface area (TPSA) is 66.4 Å². The quantitative estimate of drug-likeness (QED) is 0.896. The van der Waals surface area contributed by atoms with Crippen molar-refractivity contribution in [2.45, 2.75) is 26.9 Å². The smallest absolute Gasteiger partial charge is 0.416 e. The lowest BCUT2D eigenvalue weighted by molar-refractivity contribution is -0.145. The van der Waals surface area contributed by atoms with Crippen LogP contribution in [0.2, 0.25) is 0 Å². The van der Waals surface area contributed by atoms with Crippen molar-refractivity contribution < 1.29 is 27.9 Å². The highest BCUT2D eigenvalue weighted by molar-refractivity contribution is 5.94. The third-order valence-electron chi connectivity index (χ3n) is 3.36.